The number of rotatable bonds is 3. The summed E-state index contributed by atoms with van der Waals surface area (Å²) >= 11 is 0. The molecule has 0 saturated heterocycles. The molecule has 0 unspecified atom stereocenters. The summed E-state index contributed by atoms with van der Waals surface area (Å²) in [4.78, 5) is 10.1. The number of methoxy groups -OCH3 is 1. The molecule has 1 aromatic rings. The first-order chi connectivity index (χ1) is 7.78. The standard InChI is InChI=1S/C9H7F3O4S/c1-16-8(13)5-2-6(10)4-7(3-5)17(14,15)9(11)12/h2-4,9H,1H3. The van der Waals surface area contributed by atoms with Crippen molar-refractivity contribution in [2.75, 3.05) is 7.11 Å². The largest absolute Gasteiger partial charge is 0.465 e. The summed E-state index contributed by atoms with van der Waals surface area (Å²) in [5, 5.41) is 0. The topological polar surface area (TPSA) is 60.4 Å². The number of ether oxygens (including phenoxy) is 1. The Morgan fingerprint density at radius 2 is 1.88 bits per heavy atom. The molecule has 1 rings (SSSR count). The zero-order valence-electron chi connectivity index (χ0n) is 8.48. The van der Waals surface area contributed by atoms with E-state index in [1.54, 1.807) is 0 Å². The first-order valence-corrected chi connectivity index (χ1v) is 5.74. The van der Waals surface area contributed by atoms with Crippen LogP contribution in [0.2, 0.25) is 0 Å². The van der Waals surface area contributed by atoms with Gasteiger partial charge in [-0.05, 0) is 18.2 Å². The number of hydrogen-bond acceptors (Lipinski definition) is 4. The van der Waals surface area contributed by atoms with Gasteiger partial charge in [0, 0.05) is 0 Å². The quantitative estimate of drug-likeness (QED) is 0.781. The van der Waals surface area contributed by atoms with Crippen molar-refractivity contribution in [1.29, 1.82) is 0 Å². The molecule has 0 amide bonds. The maximum absolute atomic E-state index is 13.0. The van der Waals surface area contributed by atoms with Gasteiger partial charge in [0.1, 0.15) is 5.82 Å². The van der Waals surface area contributed by atoms with Crippen LogP contribution in [0.4, 0.5) is 13.2 Å². The zero-order chi connectivity index (χ0) is 13.2. The Balaban J connectivity index is 3.38. The number of alkyl halides is 2. The first-order valence-electron chi connectivity index (χ1n) is 4.20. The van der Waals surface area contributed by atoms with Gasteiger partial charge in [-0.15, -0.1) is 0 Å². The van der Waals surface area contributed by atoms with E-state index in [0.29, 0.717) is 18.2 Å². The SMILES string of the molecule is COC(=O)c1cc(F)cc(S(=O)(=O)C(F)F)c1. The lowest BCUT2D eigenvalue weighted by atomic mass is 10.2. The van der Waals surface area contributed by atoms with Crippen LogP contribution in [-0.2, 0) is 14.6 Å². The van der Waals surface area contributed by atoms with Crippen LogP contribution in [0.1, 0.15) is 10.4 Å². The molecule has 4 nitrogen and oxygen atoms in total. The second-order valence-corrected chi connectivity index (χ2v) is 4.89. The van der Waals surface area contributed by atoms with E-state index in [2.05, 4.69) is 4.74 Å². The van der Waals surface area contributed by atoms with Crippen LogP contribution in [0.5, 0.6) is 0 Å². The second kappa shape index (κ2) is 4.74. The van der Waals surface area contributed by atoms with E-state index in [-0.39, 0.29) is 0 Å². The molecule has 94 valence electrons. The third-order valence-electron chi connectivity index (χ3n) is 1.86. The maximum Gasteiger partial charge on any atom is 0.341 e. The van der Waals surface area contributed by atoms with Gasteiger partial charge >= 0.3 is 11.7 Å². The molecule has 1 aromatic carbocycles. The summed E-state index contributed by atoms with van der Waals surface area (Å²) in [5.41, 5.74) is -0.452. The molecule has 0 fully saturated rings. The van der Waals surface area contributed by atoms with Gasteiger partial charge in [-0.2, -0.15) is 8.78 Å². The molecule has 0 heterocycles. The molecule has 0 atom stereocenters. The summed E-state index contributed by atoms with van der Waals surface area (Å²) < 4.78 is 63.8. The van der Waals surface area contributed by atoms with Crippen LogP contribution in [-0.4, -0.2) is 27.3 Å². The fraction of sp³-hybridized carbons (Fsp3) is 0.222. The minimum absolute atomic E-state index is 0.411. The van der Waals surface area contributed by atoms with Crippen LogP contribution in [0.25, 0.3) is 0 Å². The van der Waals surface area contributed by atoms with E-state index < -0.39 is 37.8 Å². The number of hydrogen-bond donors (Lipinski definition) is 0. The van der Waals surface area contributed by atoms with Gasteiger partial charge in [0.05, 0.1) is 17.6 Å². The Labute approximate surface area is 94.9 Å². The summed E-state index contributed by atoms with van der Waals surface area (Å²) in [6.45, 7) is 0. The van der Waals surface area contributed by atoms with E-state index >= 15 is 0 Å². The molecule has 0 bridgehead atoms. The minimum Gasteiger partial charge on any atom is -0.465 e. The van der Waals surface area contributed by atoms with Crippen LogP contribution >= 0.6 is 0 Å². The Bertz CT molecular complexity index is 539. The van der Waals surface area contributed by atoms with Crippen molar-refractivity contribution >= 4 is 15.8 Å². The highest BCUT2D eigenvalue weighted by molar-refractivity contribution is 7.91. The van der Waals surface area contributed by atoms with Crippen molar-refractivity contribution < 1.29 is 31.1 Å². The van der Waals surface area contributed by atoms with Gasteiger partial charge in [0.2, 0.25) is 9.84 Å². The predicted octanol–water partition coefficient (Wildman–Crippen LogP) is 1.61. The van der Waals surface area contributed by atoms with Gasteiger partial charge in [-0.25, -0.2) is 17.6 Å². The highest BCUT2D eigenvalue weighted by Gasteiger charge is 2.28. The van der Waals surface area contributed by atoms with E-state index in [4.69, 9.17) is 0 Å². The first kappa shape index (κ1) is 13.5. The van der Waals surface area contributed by atoms with Crippen LogP contribution in [0.15, 0.2) is 23.1 Å². The monoisotopic (exact) mass is 268 g/mol. The molecule has 17 heavy (non-hydrogen) atoms. The Morgan fingerprint density at radius 3 is 2.35 bits per heavy atom. The highest BCUT2D eigenvalue weighted by atomic mass is 32.2. The molecular weight excluding hydrogens is 261 g/mol. The van der Waals surface area contributed by atoms with Gasteiger partial charge in [-0.1, -0.05) is 0 Å². The van der Waals surface area contributed by atoms with Gasteiger partial charge in [0.15, 0.2) is 0 Å². The molecule has 0 aliphatic carbocycles. The number of halogens is 3. The molecule has 0 aliphatic heterocycles. The summed E-state index contributed by atoms with van der Waals surface area (Å²) in [7, 11) is -3.95. The normalized spacial score (nSPS) is 11.6. The lowest BCUT2D eigenvalue weighted by Crippen LogP contribution is -2.13. The van der Waals surface area contributed by atoms with Crippen LogP contribution in [0, 0.1) is 5.82 Å². The molecule has 0 saturated carbocycles. The average molecular weight is 268 g/mol. The number of carbonyl (C=O) groups is 1. The second-order valence-electron chi connectivity index (χ2n) is 2.97. The fourth-order valence-electron chi connectivity index (χ4n) is 1.07. The number of sulfone groups is 1. The third kappa shape index (κ3) is 2.76. The van der Waals surface area contributed by atoms with Crippen molar-refractivity contribution in [2.45, 2.75) is 10.7 Å². The fourth-order valence-corrected chi connectivity index (χ4v) is 1.84. The van der Waals surface area contributed by atoms with Crippen molar-refractivity contribution in [3.8, 4) is 0 Å². The molecule has 0 aromatic heterocycles. The number of benzene rings is 1. The molecular formula is C9H7F3O4S. The molecule has 8 heteroatoms. The minimum atomic E-state index is -4.94. The Kier molecular flexibility index (Phi) is 3.76. The van der Waals surface area contributed by atoms with Crippen molar-refractivity contribution in [3.05, 3.63) is 29.6 Å². The summed E-state index contributed by atoms with van der Waals surface area (Å²) in [5.74, 6) is -5.82. The zero-order valence-corrected chi connectivity index (χ0v) is 9.30. The molecule has 0 N–H and O–H groups in total. The number of esters is 1. The van der Waals surface area contributed by atoms with E-state index in [0.717, 1.165) is 7.11 Å². The van der Waals surface area contributed by atoms with E-state index in [1.807, 2.05) is 0 Å². The highest BCUT2D eigenvalue weighted by Crippen LogP contribution is 2.21. The lowest BCUT2D eigenvalue weighted by molar-refractivity contribution is 0.0600. The van der Waals surface area contributed by atoms with Gasteiger partial charge in [0.25, 0.3) is 0 Å². The van der Waals surface area contributed by atoms with Gasteiger partial charge in [-0.3, -0.25) is 0 Å². The van der Waals surface area contributed by atoms with Crippen LogP contribution < -0.4 is 0 Å². The van der Waals surface area contributed by atoms with Gasteiger partial charge < -0.3 is 4.74 Å². The van der Waals surface area contributed by atoms with E-state index in [1.165, 1.54) is 0 Å². The smallest absolute Gasteiger partial charge is 0.341 e. The summed E-state index contributed by atoms with van der Waals surface area (Å²) in [6, 6.07) is 1.74. The number of carbonyl (C=O) groups excluding carboxylic acids is 1. The predicted molar refractivity (Wildman–Crippen MR) is 50.9 cm³/mol. The van der Waals surface area contributed by atoms with Crippen molar-refractivity contribution in [2.24, 2.45) is 0 Å². The molecule has 0 aliphatic rings. The van der Waals surface area contributed by atoms with E-state index in [9.17, 15) is 26.4 Å². The Morgan fingerprint density at radius 1 is 1.29 bits per heavy atom. The maximum atomic E-state index is 13.0. The van der Waals surface area contributed by atoms with Crippen LogP contribution in [0.3, 0.4) is 0 Å². The molecule has 0 radical (unpaired) electrons. The van der Waals surface area contributed by atoms with Crippen molar-refractivity contribution in [1.82, 2.24) is 0 Å². The Hall–Kier alpha value is -1.57. The third-order valence-corrected chi connectivity index (χ3v) is 3.22. The molecule has 0 spiro atoms. The summed E-state index contributed by atoms with van der Waals surface area (Å²) in [6.07, 6.45) is 0. The van der Waals surface area contributed by atoms with Crippen molar-refractivity contribution in [3.63, 3.8) is 0 Å². The average Bonchev–Trinajstić information content (AvgIpc) is 2.26. The lowest BCUT2D eigenvalue weighted by Gasteiger charge is -2.05.